The maximum atomic E-state index is 2.47. The minimum absolute atomic E-state index is 1.07. The van der Waals surface area contributed by atoms with Crippen LogP contribution in [0.4, 0.5) is 17.1 Å². The van der Waals surface area contributed by atoms with Crippen LogP contribution >= 0.6 is 0 Å². The van der Waals surface area contributed by atoms with Gasteiger partial charge in [-0.2, -0.15) is 0 Å². The summed E-state index contributed by atoms with van der Waals surface area (Å²) in [4.78, 5) is 2.41. The SMILES string of the molecule is c1ccc(-c2ccc(N(c3ccc(-c4ccccc4)c(-c4ccccc4)c3)c3ccc4c5ccccc5n(-c5ccc(-c6ccccc6)cc5-c5ccccc5)c4c3)cc2)cc1. The van der Waals surface area contributed by atoms with Crippen LogP contribution in [0, 0.1) is 0 Å². The van der Waals surface area contributed by atoms with Crippen LogP contribution in [0.3, 0.4) is 0 Å². The summed E-state index contributed by atoms with van der Waals surface area (Å²) in [6.45, 7) is 0. The van der Waals surface area contributed by atoms with E-state index < -0.39 is 0 Å². The number of nitrogens with zero attached hydrogens (tertiary/aromatic N) is 2. The maximum Gasteiger partial charge on any atom is 0.0562 e. The Labute approximate surface area is 362 Å². The van der Waals surface area contributed by atoms with E-state index in [0.29, 0.717) is 0 Å². The van der Waals surface area contributed by atoms with Crippen molar-refractivity contribution in [3.05, 3.63) is 255 Å². The van der Waals surface area contributed by atoms with Gasteiger partial charge in [0.15, 0.2) is 0 Å². The zero-order valence-electron chi connectivity index (χ0n) is 34.1. The molecule has 0 radical (unpaired) electrons. The standard InChI is InChI=1S/C60H42N2/c1-6-18-43(19-7-1)45-30-33-50(34-31-45)61(51-35-37-53(46-22-10-3-11-23-46)56(41-51)47-24-12-4-13-25-47)52-36-38-55-54-28-16-17-29-58(54)62(60(55)42-52)59-39-32-49(44-20-8-2-9-21-44)40-57(59)48-26-14-5-15-27-48/h1-42H. The van der Waals surface area contributed by atoms with E-state index in [1.165, 1.54) is 71.9 Å². The molecule has 0 atom stereocenters. The summed E-state index contributed by atoms with van der Waals surface area (Å²) in [5.74, 6) is 0. The molecule has 0 aliphatic rings. The van der Waals surface area contributed by atoms with Gasteiger partial charge in [0.05, 0.1) is 16.7 Å². The highest BCUT2D eigenvalue weighted by molar-refractivity contribution is 6.11. The zero-order chi connectivity index (χ0) is 41.2. The average molecular weight is 791 g/mol. The van der Waals surface area contributed by atoms with Gasteiger partial charge in [0.25, 0.3) is 0 Å². The number of benzene rings is 10. The largest absolute Gasteiger partial charge is 0.310 e. The lowest BCUT2D eigenvalue weighted by atomic mass is 9.93. The molecule has 0 bridgehead atoms. The van der Waals surface area contributed by atoms with E-state index >= 15 is 0 Å². The number of hydrogen-bond donors (Lipinski definition) is 0. The van der Waals surface area contributed by atoms with Crippen LogP contribution in [0.15, 0.2) is 255 Å². The minimum Gasteiger partial charge on any atom is -0.310 e. The van der Waals surface area contributed by atoms with Gasteiger partial charge in [-0.1, -0.05) is 200 Å². The minimum atomic E-state index is 1.07. The Kier molecular flexibility index (Phi) is 9.57. The van der Waals surface area contributed by atoms with Crippen LogP contribution in [-0.4, -0.2) is 4.57 Å². The van der Waals surface area contributed by atoms with E-state index in [2.05, 4.69) is 264 Å². The molecule has 11 aromatic rings. The molecule has 1 aromatic heterocycles. The molecule has 2 nitrogen and oxygen atoms in total. The van der Waals surface area contributed by atoms with E-state index in [-0.39, 0.29) is 0 Å². The van der Waals surface area contributed by atoms with Gasteiger partial charge in [-0.3, -0.25) is 0 Å². The quantitative estimate of drug-likeness (QED) is 0.141. The van der Waals surface area contributed by atoms with Crippen molar-refractivity contribution in [1.82, 2.24) is 4.57 Å². The highest BCUT2D eigenvalue weighted by atomic mass is 15.1. The third-order valence-corrected chi connectivity index (χ3v) is 12.0. The first-order chi connectivity index (χ1) is 30.8. The van der Waals surface area contributed by atoms with Crippen LogP contribution < -0.4 is 4.90 Å². The second kappa shape index (κ2) is 16.1. The highest BCUT2D eigenvalue weighted by Gasteiger charge is 2.21. The smallest absolute Gasteiger partial charge is 0.0562 e. The van der Waals surface area contributed by atoms with Gasteiger partial charge >= 0.3 is 0 Å². The number of anilines is 3. The van der Waals surface area contributed by atoms with Crippen molar-refractivity contribution in [3.63, 3.8) is 0 Å². The molecule has 2 heteroatoms. The zero-order valence-corrected chi connectivity index (χ0v) is 34.1. The van der Waals surface area contributed by atoms with Crippen molar-refractivity contribution in [2.45, 2.75) is 0 Å². The Morgan fingerprint density at radius 1 is 0.242 bits per heavy atom. The van der Waals surface area contributed by atoms with Gasteiger partial charge in [-0.25, -0.2) is 0 Å². The lowest BCUT2D eigenvalue weighted by Gasteiger charge is -2.27. The molecule has 0 saturated carbocycles. The predicted molar refractivity (Wildman–Crippen MR) is 263 cm³/mol. The third-order valence-electron chi connectivity index (χ3n) is 12.0. The maximum absolute atomic E-state index is 2.47. The Morgan fingerprint density at radius 3 is 1.31 bits per heavy atom. The van der Waals surface area contributed by atoms with Crippen LogP contribution in [-0.2, 0) is 0 Å². The first kappa shape index (κ1) is 36.8. The Balaban J connectivity index is 1.15. The Hall–Kier alpha value is -8.20. The monoisotopic (exact) mass is 790 g/mol. The molecule has 0 N–H and O–H groups in total. The van der Waals surface area contributed by atoms with Crippen molar-refractivity contribution < 1.29 is 0 Å². The van der Waals surface area contributed by atoms with E-state index in [1.807, 2.05) is 0 Å². The van der Waals surface area contributed by atoms with Crippen molar-refractivity contribution >= 4 is 38.9 Å². The second-order valence-electron chi connectivity index (χ2n) is 15.7. The van der Waals surface area contributed by atoms with E-state index in [9.17, 15) is 0 Å². The number of fused-ring (bicyclic) bond motifs is 3. The summed E-state index contributed by atoms with van der Waals surface area (Å²) < 4.78 is 2.47. The second-order valence-corrected chi connectivity index (χ2v) is 15.7. The molecule has 1 heterocycles. The summed E-state index contributed by atoms with van der Waals surface area (Å²) in [6, 6.07) is 92.2. The fraction of sp³-hybridized carbons (Fsp3) is 0. The van der Waals surface area contributed by atoms with Gasteiger partial charge in [0.1, 0.15) is 0 Å². The molecule has 292 valence electrons. The van der Waals surface area contributed by atoms with Gasteiger partial charge < -0.3 is 9.47 Å². The number of rotatable bonds is 9. The van der Waals surface area contributed by atoms with Gasteiger partial charge in [-0.15, -0.1) is 0 Å². The summed E-state index contributed by atoms with van der Waals surface area (Å²) in [6.07, 6.45) is 0. The van der Waals surface area contributed by atoms with Crippen LogP contribution in [0.1, 0.15) is 0 Å². The first-order valence-corrected chi connectivity index (χ1v) is 21.3. The average Bonchev–Trinajstić information content (AvgIpc) is 3.69. The molecule has 11 rings (SSSR count). The van der Waals surface area contributed by atoms with Crippen LogP contribution in [0.25, 0.3) is 83.1 Å². The fourth-order valence-corrected chi connectivity index (χ4v) is 9.03. The molecule has 0 amide bonds. The van der Waals surface area contributed by atoms with Crippen LogP contribution in [0.5, 0.6) is 0 Å². The molecular weight excluding hydrogens is 749 g/mol. The molecule has 0 saturated heterocycles. The Bertz CT molecular complexity index is 3300. The Morgan fingerprint density at radius 2 is 0.677 bits per heavy atom. The predicted octanol–water partition coefficient (Wildman–Crippen LogP) is 16.6. The van der Waals surface area contributed by atoms with Crippen molar-refractivity contribution in [1.29, 1.82) is 0 Å². The molecule has 10 aromatic carbocycles. The van der Waals surface area contributed by atoms with Crippen molar-refractivity contribution in [2.24, 2.45) is 0 Å². The molecule has 0 spiro atoms. The summed E-state index contributed by atoms with van der Waals surface area (Å²) in [5, 5.41) is 2.43. The van der Waals surface area contributed by atoms with Gasteiger partial charge in [0.2, 0.25) is 0 Å². The fourth-order valence-electron chi connectivity index (χ4n) is 9.03. The van der Waals surface area contributed by atoms with E-state index in [0.717, 1.165) is 28.3 Å². The van der Waals surface area contributed by atoms with Gasteiger partial charge in [0, 0.05) is 33.4 Å². The van der Waals surface area contributed by atoms with Crippen molar-refractivity contribution in [2.75, 3.05) is 4.90 Å². The van der Waals surface area contributed by atoms with Crippen LogP contribution in [0.2, 0.25) is 0 Å². The summed E-state index contributed by atoms with van der Waals surface area (Å²) in [5.41, 5.74) is 18.5. The number of aromatic nitrogens is 1. The lowest BCUT2D eigenvalue weighted by molar-refractivity contribution is 1.18. The molecular formula is C60H42N2. The van der Waals surface area contributed by atoms with E-state index in [4.69, 9.17) is 0 Å². The molecule has 0 aliphatic carbocycles. The summed E-state index contributed by atoms with van der Waals surface area (Å²) in [7, 11) is 0. The molecule has 62 heavy (non-hydrogen) atoms. The topological polar surface area (TPSA) is 8.17 Å². The highest BCUT2D eigenvalue weighted by Crippen LogP contribution is 2.44. The first-order valence-electron chi connectivity index (χ1n) is 21.3. The van der Waals surface area contributed by atoms with Gasteiger partial charge in [-0.05, 0) is 105 Å². The molecule has 0 unspecified atom stereocenters. The number of para-hydroxylation sites is 1. The molecule has 0 aliphatic heterocycles. The summed E-state index contributed by atoms with van der Waals surface area (Å²) >= 11 is 0. The third kappa shape index (κ3) is 6.84. The normalized spacial score (nSPS) is 11.2. The lowest BCUT2D eigenvalue weighted by Crippen LogP contribution is -2.10. The van der Waals surface area contributed by atoms with Crippen molar-refractivity contribution in [3.8, 4) is 61.3 Å². The molecule has 0 fully saturated rings. The van der Waals surface area contributed by atoms with E-state index in [1.54, 1.807) is 0 Å². The number of hydrogen-bond acceptors (Lipinski definition) is 1.